The van der Waals surface area contributed by atoms with Crippen LogP contribution >= 0.6 is 22.9 Å². The van der Waals surface area contributed by atoms with Gasteiger partial charge in [0.2, 0.25) is 0 Å². The predicted molar refractivity (Wildman–Crippen MR) is 107 cm³/mol. The minimum atomic E-state index is 0.830. The maximum absolute atomic E-state index is 6.42. The SMILES string of the molecule is Clc1cccc2sc3cc(-c4cccc5ccccc45)ccc3c12. The lowest BCUT2D eigenvalue weighted by Gasteiger charge is -2.07. The van der Waals surface area contributed by atoms with Gasteiger partial charge in [-0.1, -0.05) is 72.3 Å². The third kappa shape index (κ3) is 2.06. The molecule has 0 aliphatic heterocycles. The number of halogens is 1. The molecule has 4 aromatic carbocycles. The number of thiophene rings is 1. The van der Waals surface area contributed by atoms with Crippen molar-refractivity contribution in [1.82, 2.24) is 0 Å². The van der Waals surface area contributed by atoms with Gasteiger partial charge in [0.05, 0.1) is 0 Å². The largest absolute Gasteiger partial charge is 0.135 e. The van der Waals surface area contributed by atoms with Gasteiger partial charge in [-0.15, -0.1) is 11.3 Å². The van der Waals surface area contributed by atoms with E-state index in [1.165, 1.54) is 42.1 Å². The van der Waals surface area contributed by atoms with E-state index in [9.17, 15) is 0 Å². The summed E-state index contributed by atoms with van der Waals surface area (Å²) in [7, 11) is 0. The average molecular weight is 345 g/mol. The quantitative estimate of drug-likeness (QED) is 0.295. The van der Waals surface area contributed by atoms with Gasteiger partial charge in [0, 0.05) is 25.2 Å². The first-order chi connectivity index (χ1) is 11.8. The number of benzene rings is 4. The van der Waals surface area contributed by atoms with E-state index in [-0.39, 0.29) is 0 Å². The van der Waals surface area contributed by atoms with Crippen molar-refractivity contribution < 1.29 is 0 Å². The molecule has 5 aromatic rings. The Morgan fingerprint density at radius 1 is 0.667 bits per heavy atom. The van der Waals surface area contributed by atoms with Crippen molar-refractivity contribution in [2.24, 2.45) is 0 Å². The Balaban J connectivity index is 1.81. The second-order valence-corrected chi connectivity index (χ2v) is 7.44. The van der Waals surface area contributed by atoms with Crippen LogP contribution in [-0.2, 0) is 0 Å². The molecule has 0 atom stereocenters. The Morgan fingerprint density at radius 2 is 1.50 bits per heavy atom. The van der Waals surface area contributed by atoms with Crippen molar-refractivity contribution in [3.05, 3.63) is 83.9 Å². The van der Waals surface area contributed by atoms with Crippen LogP contribution in [-0.4, -0.2) is 0 Å². The molecule has 0 bridgehead atoms. The summed E-state index contributed by atoms with van der Waals surface area (Å²) in [5.41, 5.74) is 2.53. The molecule has 0 amide bonds. The maximum atomic E-state index is 6.42. The highest BCUT2D eigenvalue weighted by atomic mass is 35.5. The van der Waals surface area contributed by atoms with Crippen molar-refractivity contribution in [1.29, 1.82) is 0 Å². The van der Waals surface area contributed by atoms with Crippen molar-refractivity contribution >= 4 is 53.9 Å². The fourth-order valence-electron chi connectivity index (χ4n) is 3.43. The molecule has 0 spiro atoms. The zero-order valence-corrected chi connectivity index (χ0v) is 14.4. The topological polar surface area (TPSA) is 0 Å². The first-order valence-electron chi connectivity index (χ1n) is 7.90. The molecule has 0 unspecified atom stereocenters. The van der Waals surface area contributed by atoms with E-state index in [0.717, 1.165) is 5.02 Å². The zero-order valence-electron chi connectivity index (χ0n) is 12.8. The van der Waals surface area contributed by atoms with Gasteiger partial charge >= 0.3 is 0 Å². The van der Waals surface area contributed by atoms with E-state index in [0.29, 0.717) is 0 Å². The van der Waals surface area contributed by atoms with Crippen LogP contribution in [0.4, 0.5) is 0 Å². The predicted octanol–water partition coefficient (Wildman–Crippen LogP) is 7.53. The van der Waals surface area contributed by atoms with Gasteiger partial charge in [-0.3, -0.25) is 0 Å². The molecule has 5 rings (SSSR count). The Kier molecular flexibility index (Phi) is 3.12. The molecule has 0 radical (unpaired) electrons. The van der Waals surface area contributed by atoms with Crippen LogP contribution in [0.25, 0.3) is 42.1 Å². The summed E-state index contributed by atoms with van der Waals surface area (Å²) in [5.74, 6) is 0. The van der Waals surface area contributed by atoms with Crippen LogP contribution in [0.2, 0.25) is 5.02 Å². The minimum absolute atomic E-state index is 0.830. The summed E-state index contributed by atoms with van der Waals surface area (Å²) in [6.45, 7) is 0. The van der Waals surface area contributed by atoms with E-state index >= 15 is 0 Å². The monoisotopic (exact) mass is 344 g/mol. The second-order valence-electron chi connectivity index (χ2n) is 5.95. The molecule has 114 valence electrons. The lowest BCUT2D eigenvalue weighted by atomic mass is 9.97. The summed E-state index contributed by atoms with van der Waals surface area (Å²) in [4.78, 5) is 0. The smallest absolute Gasteiger partial charge is 0.0499 e. The van der Waals surface area contributed by atoms with E-state index in [2.05, 4.69) is 66.7 Å². The normalized spacial score (nSPS) is 11.5. The second kappa shape index (κ2) is 5.34. The molecule has 0 aliphatic rings. The van der Waals surface area contributed by atoms with Gasteiger partial charge in [0.15, 0.2) is 0 Å². The molecular weight excluding hydrogens is 332 g/mol. The van der Waals surface area contributed by atoms with Gasteiger partial charge in [0.25, 0.3) is 0 Å². The van der Waals surface area contributed by atoms with Crippen LogP contribution in [0.1, 0.15) is 0 Å². The third-order valence-corrected chi connectivity index (χ3v) is 5.98. The van der Waals surface area contributed by atoms with Crippen LogP contribution in [0.15, 0.2) is 78.9 Å². The van der Waals surface area contributed by atoms with Crippen LogP contribution in [0.3, 0.4) is 0 Å². The van der Waals surface area contributed by atoms with Crippen LogP contribution in [0, 0.1) is 0 Å². The summed E-state index contributed by atoms with van der Waals surface area (Å²) in [6.07, 6.45) is 0. The Hall–Kier alpha value is -2.35. The molecule has 0 nitrogen and oxygen atoms in total. The molecule has 0 saturated carbocycles. The van der Waals surface area contributed by atoms with Gasteiger partial charge in [-0.2, -0.15) is 0 Å². The van der Waals surface area contributed by atoms with Gasteiger partial charge < -0.3 is 0 Å². The van der Waals surface area contributed by atoms with Crippen molar-refractivity contribution in [3.8, 4) is 11.1 Å². The fraction of sp³-hybridized carbons (Fsp3) is 0. The third-order valence-electron chi connectivity index (χ3n) is 4.55. The standard InChI is InChI=1S/C22H13ClS/c23-19-9-4-10-20-22(19)18-12-11-15(13-21(18)24-20)17-8-3-6-14-5-1-2-7-16(14)17/h1-13H. The fourth-order valence-corrected chi connectivity index (χ4v) is 4.93. The number of fused-ring (bicyclic) bond motifs is 4. The van der Waals surface area contributed by atoms with Gasteiger partial charge in [-0.05, 0) is 40.1 Å². The van der Waals surface area contributed by atoms with E-state index in [1.807, 2.05) is 12.1 Å². The number of hydrogen-bond acceptors (Lipinski definition) is 1. The molecule has 0 aliphatic carbocycles. The van der Waals surface area contributed by atoms with E-state index in [1.54, 1.807) is 11.3 Å². The van der Waals surface area contributed by atoms with Crippen molar-refractivity contribution in [3.63, 3.8) is 0 Å². The van der Waals surface area contributed by atoms with E-state index < -0.39 is 0 Å². The first kappa shape index (κ1) is 14.0. The molecule has 1 aromatic heterocycles. The Morgan fingerprint density at radius 3 is 2.46 bits per heavy atom. The van der Waals surface area contributed by atoms with Gasteiger partial charge in [0.1, 0.15) is 0 Å². The maximum Gasteiger partial charge on any atom is 0.0499 e. The van der Waals surface area contributed by atoms with Crippen LogP contribution in [0.5, 0.6) is 0 Å². The molecule has 0 fully saturated rings. The summed E-state index contributed by atoms with van der Waals surface area (Å²) in [6, 6.07) is 27.9. The summed E-state index contributed by atoms with van der Waals surface area (Å²) >= 11 is 8.22. The number of hydrogen-bond donors (Lipinski definition) is 0. The summed E-state index contributed by atoms with van der Waals surface area (Å²) in [5, 5.41) is 5.80. The average Bonchev–Trinajstić information content (AvgIpc) is 3.00. The molecule has 0 N–H and O–H groups in total. The Bertz CT molecular complexity index is 1210. The molecule has 0 saturated heterocycles. The zero-order chi connectivity index (χ0) is 16.1. The molecule has 1 heterocycles. The minimum Gasteiger partial charge on any atom is -0.135 e. The van der Waals surface area contributed by atoms with E-state index in [4.69, 9.17) is 11.6 Å². The molecular formula is C22H13ClS. The first-order valence-corrected chi connectivity index (χ1v) is 9.10. The highest BCUT2D eigenvalue weighted by Gasteiger charge is 2.10. The van der Waals surface area contributed by atoms with Crippen molar-refractivity contribution in [2.45, 2.75) is 0 Å². The van der Waals surface area contributed by atoms with Gasteiger partial charge in [-0.25, -0.2) is 0 Å². The van der Waals surface area contributed by atoms with Crippen LogP contribution < -0.4 is 0 Å². The molecule has 24 heavy (non-hydrogen) atoms. The summed E-state index contributed by atoms with van der Waals surface area (Å²) < 4.78 is 2.52. The highest BCUT2D eigenvalue weighted by molar-refractivity contribution is 7.26. The number of rotatable bonds is 1. The molecule has 2 heteroatoms. The highest BCUT2D eigenvalue weighted by Crippen LogP contribution is 2.40. The lowest BCUT2D eigenvalue weighted by molar-refractivity contribution is 1.70. The van der Waals surface area contributed by atoms with Crippen molar-refractivity contribution in [2.75, 3.05) is 0 Å². The lowest BCUT2D eigenvalue weighted by Crippen LogP contribution is -1.81. The Labute approximate surface area is 148 Å².